The maximum Gasteiger partial charge on any atom is 0.155 e. The monoisotopic (exact) mass is 140 g/mol. The molecule has 0 fully saturated rings. The van der Waals surface area contributed by atoms with Crippen LogP contribution in [-0.4, -0.2) is 5.78 Å². The highest BCUT2D eigenvalue weighted by molar-refractivity contribution is 5.93. The molecule has 0 aliphatic carbocycles. The van der Waals surface area contributed by atoms with E-state index in [1.807, 2.05) is 13.0 Å². The van der Waals surface area contributed by atoms with E-state index in [-0.39, 0.29) is 5.78 Å². The van der Waals surface area contributed by atoms with Crippen molar-refractivity contribution in [3.63, 3.8) is 0 Å². The van der Waals surface area contributed by atoms with Gasteiger partial charge in [0, 0.05) is 0 Å². The Balaban J connectivity index is 3.74. The predicted molar refractivity (Wildman–Crippen MR) is 44.0 cm³/mol. The molecule has 0 atom stereocenters. The standard InChI is InChI=1S/C9H16O/c1-4-6-7-9(5-2)8(3)10/h5H,4,6-7H2,1-3H3/b9-5+. The van der Waals surface area contributed by atoms with Gasteiger partial charge in [-0.15, -0.1) is 0 Å². The number of carbonyl (C=O) groups is 1. The zero-order valence-electron chi connectivity index (χ0n) is 7.11. The zero-order valence-corrected chi connectivity index (χ0v) is 7.11. The first-order chi connectivity index (χ1) is 4.72. The van der Waals surface area contributed by atoms with Gasteiger partial charge in [-0.2, -0.15) is 0 Å². The van der Waals surface area contributed by atoms with E-state index in [2.05, 4.69) is 6.92 Å². The molecule has 0 bridgehead atoms. The predicted octanol–water partition coefficient (Wildman–Crippen LogP) is 2.71. The van der Waals surface area contributed by atoms with Crippen LogP contribution >= 0.6 is 0 Å². The molecule has 0 radical (unpaired) electrons. The molecular weight excluding hydrogens is 124 g/mol. The molecule has 58 valence electrons. The van der Waals surface area contributed by atoms with Crippen molar-refractivity contribution in [2.75, 3.05) is 0 Å². The summed E-state index contributed by atoms with van der Waals surface area (Å²) in [6.45, 7) is 5.69. The van der Waals surface area contributed by atoms with Gasteiger partial charge < -0.3 is 0 Å². The molecule has 1 nitrogen and oxygen atoms in total. The minimum absolute atomic E-state index is 0.218. The second kappa shape index (κ2) is 5.21. The molecule has 0 amide bonds. The lowest BCUT2D eigenvalue weighted by Crippen LogP contribution is -1.95. The van der Waals surface area contributed by atoms with E-state index >= 15 is 0 Å². The summed E-state index contributed by atoms with van der Waals surface area (Å²) in [5, 5.41) is 0. The summed E-state index contributed by atoms with van der Waals surface area (Å²) in [5.74, 6) is 0.218. The molecule has 0 heterocycles. The summed E-state index contributed by atoms with van der Waals surface area (Å²) in [6, 6.07) is 0. The first-order valence-corrected chi connectivity index (χ1v) is 3.88. The molecule has 0 spiro atoms. The van der Waals surface area contributed by atoms with Crippen LogP contribution in [0.25, 0.3) is 0 Å². The highest BCUT2D eigenvalue weighted by atomic mass is 16.1. The highest BCUT2D eigenvalue weighted by Crippen LogP contribution is 2.07. The van der Waals surface area contributed by atoms with E-state index in [1.54, 1.807) is 6.92 Å². The molecule has 0 aromatic heterocycles. The van der Waals surface area contributed by atoms with E-state index in [0.717, 1.165) is 24.8 Å². The summed E-state index contributed by atoms with van der Waals surface area (Å²) >= 11 is 0. The van der Waals surface area contributed by atoms with E-state index in [0.29, 0.717) is 0 Å². The zero-order chi connectivity index (χ0) is 7.98. The third kappa shape index (κ3) is 3.44. The molecule has 10 heavy (non-hydrogen) atoms. The maximum absolute atomic E-state index is 10.8. The molecule has 0 aliphatic heterocycles. The molecule has 0 saturated heterocycles. The number of hydrogen-bond acceptors (Lipinski definition) is 1. The fourth-order valence-corrected chi connectivity index (χ4v) is 0.891. The van der Waals surface area contributed by atoms with E-state index in [9.17, 15) is 4.79 Å². The number of allylic oxidation sites excluding steroid dienone is 2. The molecular formula is C9H16O. The van der Waals surface area contributed by atoms with Gasteiger partial charge in [0.1, 0.15) is 0 Å². The van der Waals surface area contributed by atoms with Crippen molar-refractivity contribution in [1.29, 1.82) is 0 Å². The Bertz CT molecular complexity index is 134. The third-order valence-corrected chi connectivity index (χ3v) is 1.60. The molecule has 0 aromatic rings. The average molecular weight is 140 g/mol. The number of carbonyl (C=O) groups excluding carboxylic acids is 1. The van der Waals surface area contributed by atoms with Crippen molar-refractivity contribution >= 4 is 5.78 Å². The van der Waals surface area contributed by atoms with E-state index in [4.69, 9.17) is 0 Å². The molecule has 1 heteroatoms. The second-order valence-corrected chi connectivity index (χ2v) is 2.47. The van der Waals surface area contributed by atoms with Crippen LogP contribution in [0.3, 0.4) is 0 Å². The number of hydrogen-bond donors (Lipinski definition) is 0. The molecule has 0 rings (SSSR count). The number of ketones is 1. The van der Waals surface area contributed by atoms with Gasteiger partial charge in [0.05, 0.1) is 0 Å². The van der Waals surface area contributed by atoms with Gasteiger partial charge in [-0.1, -0.05) is 19.4 Å². The van der Waals surface area contributed by atoms with Crippen LogP contribution in [0.2, 0.25) is 0 Å². The van der Waals surface area contributed by atoms with Crippen LogP contribution in [0.4, 0.5) is 0 Å². The van der Waals surface area contributed by atoms with Crippen LogP contribution in [0.1, 0.15) is 40.0 Å². The van der Waals surface area contributed by atoms with Crippen molar-refractivity contribution in [2.24, 2.45) is 0 Å². The van der Waals surface area contributed by atoms with Crippen LogP contribution in [0, 0.1) is 0 Å². The van der Waals surface area contributed by atoms with Gasteiger partial charge in [0.15, 0.2) is 5.78 Å². The van der Waals surface area contributed by atoms with Crippen molar-refractivity contribution in [2.45, 2.75) is 40.0 Å². The van der Waals surface area contributed by atoms with Gasteiger partial charge in [-0.3, -0.25) is 4.79 Å². The fraction of sp³-hybridized carbons (Fsp3) is 0.667. The van der Waals surface area contributed by atoms with Crippen molar-refractivity contribution in [3.8, 4) is 0 Å². The molecule has 0 saturated carbocycles. The lowest BCUT2D eigenvalue weighted by molar-refractivity contribution is -0.113. The summed E-state index contributed by atoms with van der Waals surface area (Å²) in [7, 11) is 0. The van der Waals surface area contributed by atoms with Crippen LogP contribution < -0.4 is 0 Å². The molecule has 0 unspecified atom stereocenters. The van der Waals surface area contributed by atoms with Gasteiger partial charge >= 0.3 is 0 Å². The summed E-state index contributed by atoms with van der Waals surface area (Å²) in [5.41, 5.74) is 0.974. The first-order valence-electron chi connectivity index (χ1n) is 3.88. The Morgan fingerprint density at radius 2 is 2.10 bits per heavy atom. The fourth-order valence-electron chi connectivity index (χ4n) is 0.891. The molecule has 0 aromatic carbocycles. The van der Waals surface area contributed by atoms with Crippen molar-refractivity contribution in [3.05, 3.63) is 11.6 Å². The Morgan fingerprint density at radius 3 is 2.40 bits per heavy atom. The minimum atomic E-state index is 0.218. The van der Waals surface area contributed by atoms with Gasteiger partial charge in [-0.25, -0.2) is 0 Å². The van der Waals surface area contributed by atoms with E-state index < -0.39 is 0 Å². The van der Waals surface area contributed by atoms with Gasteiger partial charge in [-0.05, 0) is 32.3 Å². The largest absolute Gasteiger partial charge is 0.295 e. The molecule has 0 N–H and O–H groups in total. The lowest BCUT2D eigenvalue weighted by atomic mass is 10.1. The third-order valence-electron chi connectivity index (χ3n) is 1.60. The average Bonchev–Trinajstić information content (AvgIpc) is 1.89. The summed E-state index contributed by atoms with van der Waals surface area (Å²) in [6.07, 6.45) is 5.14. The number of unbranched alkanes of at least 4 members (excludes halogenated alkanes) is 1. The first kappa shape index (κ1) is 9.41. The Kier molecular flexibility index (Phi) is 4.91. The van der Waals surface area contributed by atoms with Gasteiger partial charge in [0.2, 0.25) is 0 Å². The summed E-state index contributed by atoms with van der Waals surface area (Å²) < 4.78 is 0. The Morgan fingerprint density at radius 1 is 1.50 bits per heavy atom. The highest BCUT2D eigenvalue weighted by Gasteiger charge is 1.99. The second-order valence-electron chi connectivity index (χ2n) is 2.47. The van der Waals surface area contributed by atoms with Crippen LogP contribution in [0.15, 0.2) is 11.6 Å². The lowest BCUT2D eigenvalue weighted by Gasteiger charge is -1.99. The van der Waals surface area contributed by atoms with Crippen LogP contribution in [-0.2, 0) is 4.79 Å². The topological polar surface area (TPSA) is 17.1 Å². The Labute approximate surface area is 63.1 Å². The van der Waals surface area contributed by atoms with Crippen LogP contribution in [0.5, 0.6) is 0 Å². The van der Waals surface area contributed by atoms with Gasteiger partial charge in [0.25, 0.3) is 0 Å². The van der Waals surface area contributed by atoms with E-state index in [1.165, 1.54) is 0 Å². The number of Topliss-reactive ketones (excluding diaryl/α,β-unsaturated/α-hetero) is 1. The minimum Gasteiger partial charge on any atom is -0.295 e. The molecule has 0 aliphatic rings. The normalized spacial score (nSPS) is 11.7. The van der Waals surface area contributed by atoms with Crippen molar-refractivity contribution < 1.29 is 4.79 Å². The smallest absolute Gasteiger partial charge is 0.155 e. The van der Waals surface area contributed by atoms with Crippen molar-refractivity contribution in [1.82, 2.24) is 0 Å². The maximum atomic E-state index is 10.8. The number of rotatable bonds is 4. The summed E-state index contributed by atoms with van der Waals surface area (Å²) in [4.78, 5) is 10.8. The quantitative estimate of drug-likeness (QED) is 0.549. The Hall–Kier alpha value is -0.590. The SMILES string of the molecule is C/C=C(\CCCC)C(C)=O.